The van der Waals surface area contributed by atoms with Crippen LogP contribution in [-0.4, -0.2) is 45.1 Å². The largest absolute Gasteiger partial charge is 0.497 e. The molecule has 0 aromatic heterocycles. The first-order chi connectivity index (χ1) is 9.26. The number of rotatable bonds is 3. The summed E-state index contributed by atoms with van der Waals surface area (Å²) < 4.78 is 37.3. The maximum absolute atomic E-state index is 12.6. The minimum atomic E-state index is -3.62. The number of sulfonamides is 1. The van der Waals surface area contributed by atoms with Gasteiger partial charge in [-0.3, -0.25) is 0 Å². The van der Waals surface area contributed by atoms with Crippen molar-refractivity contribution in [2.45, 2.75) is 24.3 Å². The van der Waals surface area contributed by atoms with Crippen molar-refractivity contribution < 1.29 is 17.9 Å². The summed E-state index contributed by atoms with van der Waals surface area (Å²) >= 11 is 0. The number of methoxy groups -OCH3 is 1. The summed E-state index contributed by atoms with van der Waals surface area (Å²) in [6, 6.07) is 4.58. The summed E-state index contributed by atoms with van der Waals surface area (Å²) in [7, 11) is -2.11. The number of nitrogen functional groups attached to an aromatic ring is 1. The van der Waals surface area contributed by atoms with Crippen molar-refractivity contribution in [3.8, 4) is 5.75 Å². The second-order valence-corrected chi connectivity index (χ2v) is 7.26. The van der Waals surface area contributed by atoms with E-state index in [0.717, 1.165) is 0 Å². The Labute approximate surface area is 119 Å². The highest BCUT2D eigenvalue weighted by Crippen LogP contribution is 2.29. The van der Waals surface area contributed by atoms with Crippen LogP contribution in [0.4, 0.5) is 5.69 Å². The molecule has 1 aromatic carbocycles. The third kappa shape index (κ3) is 2.89. The average molecular weight is 300 g/mol. The van der Waals surface area contributed by atoms with Crippen LogP contribution in [0.3, 0.4) is 0 Å². The van der Waals surface area contributed by atoms with E-state index in [0.29, 0.717) is 25.4 Å². The lowest BCUT2D eigenvalue weighted by atomic mass is 10.1. The molecule has 7 heteroatoms. The molecule has 1 fully saturated rings. The number of nitrogens with two attached hydrogens (primary N) is 1. The molecule has 1 aliphatic rings. The van der Waals surface area contributed by atoms with Gasteiger partial charge in [-0.15, -0.1) is 0 Å². The highest BCUT2D eigenvalue weighted by molar-refractivity contribution is 7.89. The smallest absolute Gasteiger partial charge is 0.245 e. The number of hydrogen-bond donors (Lipinski definition) is 1. The van der Waals surface area contributed by atoms with E-state index < -0.39 is 15.6 Å². The Morgan fingerprint density at radius 2 is 2.10 bits per heavy atom. The predicted octanol–water partition coefficient (Wildman–Crippen LogP) is 1.08. The highest BCUT2D eigenvalue weighted by Gasteiger charge is 2.35. The summed E-state index contributed by atoms with van der Waals surface area (Å²) in [5, 5.41) is 0. The molecule has 112 valence electrons. The van der Waals surface area contributed by atoms with E-state index in [1.165, 1.54) is 23.5 Å². The van der Waals surface area contributed by atoms with Crippen molar-refractivity contribution in [3.63, 3.8) is 0 Å². The Bertz CT molecular complexity index is 598. The van der Waals surface area contributed by atoms with Gasteiger partial charge in [0.1, 0.15) is 10.6 Å². The molecule has 0 aliphatic carbocycles. The lowest BCUT2D eigenvalue weighted by molar-refractivity contribution is -0.0640. The Morgan fingerprint density at radius 1 is 1.40 bits per heavy atom. The van der Waals surface area contributed by atoms with Gasteiger partial charge in [0.2, 0.25) is 10.0 Å². The van der Waals surface area contributed by atoms with E-state index in [1.807, 2.05) is 13.8 Å². The van der Waals surface area contributed by atoms with Crippen molar-refractivity contribution in [1.29, 1.82) is 0 Å². The van der Waals surface area contributed by atoms with Gasteiger partial charge in [-0.05, 0) is 26.0 Å². The maximum Gasteiger partial charge on any atom is 0.245 e. The Morgan fingerprint density at radius 3 is 2.65 bits per heavy atom. The fraction of sp³-hybridized carbons (Fsp3) is 0.538. The second kappa shape index (κ2) is 5.23. The van der Waals surface area contributed by atoms with Gasteiger partial charge < -0.3 is 15.2 Å². The van der Waals surface area contributed by atoms with E-state index in [1.54, 1.807) is 6.07 Å². The zero-order chi connectivity index (χ0) is 15.0. The van der Waals surface area contributed by atoms with Gasteiger partial charge in [0, 0.05) is 19.2 Å². The van der Waals surface area contributed by atoms with E-state index >= 15 is 0 Å². The monoisotopic (exact) mass is 300 g/mol. The fourth-order valence-electron chi connectivity index (χ4n) is 2.21. The van der Waals surface area contributed by atoms with Crippen molar-refractivity contribution >= 4 is 15.7 Å². The Hall–Kier alpha value is -1.31. The summed E-state index contributed by atoms with van der Waals surface area (Å²) in [6.07, 6.45) is 0. The number of nitrogens with zero attached hydrogens (tertiary/aromatic N) is 1. The first-order valence-corrected chi connectivity index (χ1v) is 7.78. The number of hydrogen-bond acceptors (Lipinski definition) is 5. The van der Waals surface area contributed by atoms with E-state index in [2.05, 4.69) is 0 Å². The molecule has 6 nitrogen and oxygen atoms in total. The molecule has 0 amide bonds. The minimum Gasteiger partial charge on any atom is -0.497 e. The van der Waals surface area contributed by atoms with Crippen molar-refractivity contribution in [2.24, 2.45) is 0 Å². The van der Waals surface area contributed by atoms with E-state index in [-0.39, 0.29) is 10.6 Å². The van der Waals surface area contributed by atoms with Gasteiger partial charge in [-0.2, -0.15) is 4.31 Å². The molecule has 1 aliphatic heterocycles. The molecule has 2 rings (SSSR count). The molecule has 1 aromatic rings. The molecule has 0 spiro atoms. The second-order valence-electron chi connectivity index (χ2n) is 5.35. The fourth-order valence-corrected chi connectivity index (χ4v) is 3.88. The van der Waals surface area contributed by atoms with Gasteiger partial charge in [0.25, 0.3) is 0 Å². The molecule has 2 N–H and O–H groups in total. The van der Waals surface area contributed by atoms with E-state index in [4.69, 9.17) is 15.2 Å². The number of benzene rings is 1. The lowest BCUT2D eigenvalue weighted by Gasteiger charge is -2.37. The minimum absolute atomic E-state index is 0.107. The van der Waals surface area contributed by atoms with Crippen LogP contribution in [0.15, 0.2) is 23.1 Å². The molecule has 1 heterocycles. The Balaban J connectivity index is 2.35. The van der Waals surface area contributed by atoms with Gasteiger partial charge in [0.05, 0.1) is 25.0 Å². The topological polar surface area (TPSA) is 81.9 Å². The molecule has 0 atom stereocenters. The molecule has 0 radical (unpaired) electrons. The predicted molar refractivity (Wildman–Crippen MR) is 76.2 cm³/mol. The zero-order valence-electron chi connectivity index (χ0n) is 11.9. The number of ether oxygens (including phenoxy) is 2. The number of anilines is 1. The van der Waals surface area contributed by atoms with Gasteiger partial charge in [-0.25, -0.2) is 8.42 Å². The SMILES string of the molecule is COc1ccc(S(=O)(=O)N2CCOC(C)(C)C2)c(N)c1. The first-order valence-electron chi connectivity index (χ1n) is 6.34. The highest BCUT2D eigenvalue weighted by atomic mass is 32.2. The van der Waals surface area contributed by atoms with Crippen LogP contribution in [0.25, 0.3) is 0 Å². The van der Waals surface area contributed by atoms with Gasteiger partial charge >= 0.3 is 0 Å². The standard InChI is InChI=1S/C13H20N2O4S/c1-13(2)9-15(6-7-19-13)20(16,17)12-5-4-10(18-3)8-11(12)14/h4-5,8H,6-7,9,14H2,1-3H3. The molecular formula is C13H20N2O4S. The van der Waals surface area contributed by atoms with Gasteiger partial charge in [0.15, 0.2) is 0 Å². The van der Waals surface area contributed by atoms with Crippen LogP contribution in [0, 0.1) is 0 Å². The molecular weight excluding hydrogens is 280 g/mol. The molecule has 0 bridgehead atoms. The van der Waals surface area contributed by atoms with Crippen molar-refractivity contribution in [3.05, 3.63) is 18.2 Å². The molecule has 1 saturated heterocycles. The van der Waals surface area contributed by atoms with Crippen molar-refractivity contribution in [2.75, 3.05) is 32.5 Å². The molecule has 0 saturated carbocycles. The van der Waals surface area contributed by atoms with Gasteiger partial charge in [-0.1, -0.05) is 0 Å². The summed E-state index contributed by atoms with van der Waals surface area (Å²) in [4.78, 5) is 0.107. The summed E-state index contributed by atoms with van der Waals surface area (Å²) in [6.45, 7) is 4.75. The Kier molecular flexibility index (Phi) is 3.95. The van der Waals surface area contributed by atoms with Crippen LogP contribution >= 0.6 is 0 Å². The summed E-state index contributed by atoms with van der Waals surface area (Å²) in [5.74, 6) is 0.531. The average Bonchev–Trinajstić information content (AvgIpc) is 2.37. The maximum atomic E-state index is 12.6. The lowest BCUT2D eigenvalue weighted by Crippen LogP contribution is -2.50. The zero-order valence-corrected chi connectivity index (χ0v) is 12.7. The third-order valence-electron chi connectivity index (χ3n) is 3.23. The number of morpholine rings is 1. The van der Waals surface area contributed by atoms with Crippen molar-refractivity contribution in [1.82, 2.24) is 4.31 Å². The third-order valence-corrected chi connectivity index (χ3v) is 5.14. The molecule has 20 heavy (non-hydrogen) atoms. The van der Waals surface area contributed by atoms with Crippen LogP contribution in [0.1, 0.15) is 13.8 Å². The van der Waals surface area contributed by atoms with Crippen LogP contribution in [-0.2, 0) is 14.8 Å². The quantitative estimate of drug-likeness (QED) is 0.845. The van der Waals surface area contributed by atoms with Crippen LogP contribution < -0.4 is 10.5 Å². The van der Waals surface area contributed by atoms with Crippen LogP contribution in [0.5, 0.6) is 5.75 Å². The summed E-state index contributed by atoms with van der Waals surface area (Å²) in [5.41, 5.74) is 5.54. The van der Waals surface area contributed by atoms with Crippen LogP contribution in [0.2, 0.25) is 0 Å². The normalized spacial score (nSPS) is 19.8. The van der Waals surface area contributed by atoms with E-state index in [9.17, 15) is 8.42 Å². The molecule has 0 unspecified atom stereocenters. The first kappa shape index (κ1) is 15.1.